The Morgan fingerprint density at radius 2 is 1.92 bits per heavy atom. The summed E-state index contributed by atoms with van der Waals surface area (Å²) in [6, 6.07) is 9.42. The maximum absolute atomic E-state index is 10.7. The van der Waals surface area contributed by atoms with Crippen LogP contribution < -0.4 is 0 Å². The first-order chi connectivity index (χ1) is 5.73. The van der Waals surface area contributed by atoms with Crippen LogP contribution in [0.25, 0.3) is 0 Å². The average molecular weight is 164 g/mol. The lowest BCUT2D eigenvalue weighted by molar-refractivity contribution is -0.126. The van der Waals surface area contributed by atoms with E-state index in [0.717, 1.165) is 11.8 Å². The van der Waals surface area contributed by atoms with Crippen LogP contribution in [0.5, 0.6) is 0 Å². The van der Waals surface area contributed by atoms with Crippen molar-refractivity contribution in [3.63, 3.8) is 0 Å². The summed E-state index contributed by atoms with van der Waals surface area (Å²) in [5, 5.41) is 0. The first-order valence-corrected chi connectivity index (χ1v) is 3.80. The second-order valence-electron chi connectivity index (χ2n) is 2.80. The third-order valence-corrected chi connectivity index (χ3v) is 2.00. The van der Waals surface area contributed by atoms with Crippen molar-refractivity contribution in [1.29, 1.82) is 0 Å². The van der Waals surface area contributed by atoms with Crippen molar-refractivity contribution in [2.24, 2.45) is 0 Å². The first-order valence-electron chi connectivity index (χ1n) is 3.80. The van der Waals surface area contributed by atoms with Crippen LogP contribution in [-0.4, -0.2) is 13.4 Å². The summed E-state index contributed by atoms with van der Waals surface area (Å²) in [7, 11) is 1.53. The number of rotatable bonds is 3. The minimum atomic E-state index is -0.804. The monoisotopic (exact) mass is 164 g/mol. The quantitative estimate of drug-likeness (QED) is 0.636. The van der Waals surface area contributed by atoms with Crippen LogP contribution in [0.2, 0.25) is 0 Å². The van der Waals surface area contributed by atoms with E-state index in [1.54, 1.807) is 6.92 Å². The smallest absolute Gasteiger partial charge is 0.156 e. The van der Waals surface area contributed by atoms with Gasteiger partial charge in [-0.25, -0.2) is 0 Å². The van der Waals surface area contributed by atoms with Gasteiger partial charge < -0.3 is 4.74 Å². The molecule has 1 unspecified atom stereocenters. The molecule has 0 saturated carbocycles. The molecule has 0 aliphatic rings. The van der Waals surface area contributed by atoms with Crippen molar-refractivity contribution in [3.05, 3.63) is 35.9 Å². The molecule has 2 heteroatoms. The molecule has 0 aromatic heterocycles. The SMILES string of the molecule is COC(C)(C=O)c1ccccc1. The molecule has 1 rings (SSSR count). The van der Waals surface area contributed by atoms with Crippen LogP contribution in [0.3, 0.4) is 0 Å². The number of benzene rings is 1. The highest BCUT2D eigenvalue weighted by Gasteiger charge is 2.24. The molecule has 0 fully saturated rings. The van der Waals surface area contributed by atoms with Crippen molar-refractivity contribution in [1.82, 2.24) is 0 Å². The maximum Gasteiger partial charge on any atom is 0.156 e. The fourth-order valence-corrected chi connectivity index (χ4v) is 1.00. The number of hydrogen-bond donors (Lipinski definition) is 0. The van der Waals surface area contributed by atoms with E-state index in [0.29, 0.717) is 0 Å². The van der Waals surface area contributed by atoms with Crippen LogP contribution in [0.1, 0.15) is 12.5 Å². The zero-order valence-corrected chi connectivity index (χ0v) is 7.28. The lowest BCUT2D eigenvalue weighted by atomic mass is 9.98. The van der Waals surface area contributed by atoms with Gasteiger partial charge in [-0.1, -0.05) is 30.3 Å². The van der Waals surface area contributed by atoms with E-state index < -0.39 is 5.60 Å². The summed E-state index contributed by atoms with van der Waals surface area (Å²) in [5.41, 5.74) is 0.0730. The van der Waals surface area contributed by atoms with Crippen LogP contribution in [0, 0.1) is 0 Å². The molecule has 0 spiro atoms. The van der Waals surface area contributed by atoms with E-state index in [1.165, 1.54) is 7.11 Å². The summed E-state index contributed by atoms with van der Waals surface area (Å²) in [4.78, 5) is 10.7. The second kappa shape index (κ2) is 3.50. The van der Waals surface area contributed by atoms with Crippen molar-refractivity contribution in [2.75, 3.05) is 7.11 Å². The highest BCUT2D eigenvalue weighted by molar-refractivity contribution is 5.65. The number of ether oxygens (including phenoxy) is 1. The van der Waals surface area contributed by atoms with E-state index in [-0.39, 0.29) is 0 Å². The first kappa shape index (κ1) is 8.94. The normalized spacial score (nSPS) is 15.2. The molecule has 1 atom stereocenters. The molecule has 0 aliphatic heterocycles. The van der Waals surface area contributed by atoms with E-state index >= 15 is 0 Å². The topological polar surface area (TPSA) is 26.3 Å². The van der Waals surface area contributed by atoms with Crippen molar-refractivity contribution >= 4 is 6.29 Å². The molecule has 0 radical (unpaired) electrons. The molecule has 0 aliphatic carbocycles. The van der Waals surface area contributed by atoms with Crippen LogP contribution >= 0.6 is 0 Å². The Morgan fingerprint density at radius 1 is 1.33 bits per heavy atom. The Hall–Kier alpha value is -1.15. The Labute approximate surface area is 72.2 Å². The van der Waals surface area contributed by atoms with E-state index in [1.807, 2.05) is 30.3 Å². The molecule has 1 aromatic rings. The third kappa shape index (κ3) is 1.53. The minimum Gasteiger partial charge on any atom is -0.366 e. The molecule has 0 bridgehead atoms. The van der Waals surface area contributed by atoms with Crippen molar-refractivity contribution in [2.45, 2.75) is 12.5 Å². The van der Waals surface area contributed by atoms with Gasteiger partial charge in [-0.15, -0.1) is 0 Å². The fourth-order valence-electron chi connectivity index (χ4n) is 1.00. The lowest BCUT2D eigenvalue weighted by Gasteiger charge is -2.21. The fraction of sp³-hybridized carbons (Fsp3) is 0.300. The van der Waals surface area contributed by atoms with E-state index in [4.69, 9.17) is 4.74 Å². The number of carbonyl (C=O) groups excluding carboxylic acids is 1. The highest BCUT2D eigenvalue weighted by Crippen LogP contribution is 2.20. The largest absolute Gasteiger partial charge is 0.366 e. The third-order valence-electron chi connectivity index (χ3n) is 2.00. The molecule has 1 aromatic carbocycles. The van der Waals surface area contributed by atoms with Gasteiger partial charge in [0.1, 0.15) is 5.60 Å². The Kier molecular flexibility index (Phi) is 2.61. The maximum atomic E-state index is 10.7. The number of hydrogen-bond acceptors (Lipinski definition) is 2. The Bertz CT molecular complexity index is 256. The molecule has 2 nitrogen and oxygen atoms in total. The molecule has 0 N–H and O–H groups in total. The molecule has 0 heterocycles. The number of aldehydes is 1. The molecule has 12 heavy (non-hydrogen) atoms. The highest BCUT2D eigenvalue weighted by atomic mass is 16.5. The summed E-state index contributed by atoms with van der Waals surface area (Å²) in [5.74, 6) is 0. The van der Waals surface area contributed by atoms with Crippen molar-refractivity contribution < 1.29 is 9.53 Å². The van der Waals surface area contributed by atoms with Gasteiger partial charge in [0.05, 0.1) is 0 Å². The van der Waals surface area contributed by atoms with Gasteiger partial charge >= 0.3 is 0 Å². The van der Waals surface area contributed by atoms with E-state index in [2.05, 4.69) is 0 Å². The standard InChI is InChI=1S/C10H12O2/c1-10(8-11,12-2)9-6-4-3-5-7-9/h3-8H,1-2H3. The predicted molar refractivity (Wildman–Crippen MR) is 46.9 cm³/mol. The van der Waals surface area contributed by atoms with Crippen LogP contribution in [0.4, 0.5) is 0 Å². The summed E-state index contributed by atoms with van der Waals surface area (Å²) >= 11 is 0. The van der Waals surface area contributed by atoms with Gasteiger partial charge in [0.2, 0.25) is 0 Å². The second-order valence-corrected chi connectivity index (χ2v) is 2.80. The van der Waals surface area contributed by atoms with Gasteiger partial charge in [-0.3, -0.25) is 4.79 Å². The molecular weight excluding hydrogens is 152 g/mol. The molecule has 0 saturated heterocycles. The molecule has 64 valence electrons. The van der Waals surface area contributed by atoms with Gasteiger partial charge in [0.25, 0.3) is 0 Å². The summed E-state index contributed by atoms with van der Waals surface area (Å²) in [6.07, 6.45) is 0.808. The zero-order chi connectivity index (χ0) is 9.03. The van der Waals surface area contributed by atoms with Crippen LogP contribution in [0.15, 0.2) is 30.3 Å². The van der Waals surface area contributed by atoms with Gasteiger partial charge in [0.15, 0.2) is 6.29 Å². The number of methoxy groups -OCH3 is 1. The Morgan fingerprint density at radius 3 is 2.33 bits per heavy atom. The van der Waals surface area contributed by atoms with Gasteiger partial charge in [0, 0.05) is 7.11 Å². The lowest BCUT2D eigenvalue weighted by Crippen LogP contribution is -2.25. The molecular formula is C10H12O2. The van der Waals surface area contributed by atoms with Crippen molar-refractivity contribution in [3.8, 4) is 0 Å². The summed E-state index contributed by atoms with van der Waals surface area (Å²) < 4.78 is 5.10. The van der Waals surface area contributed by atoms with E-state index in [9.17, 15) is 4.79 Å². The summed E-state index contributed by atoms with van der Waals surface area (Å²) in [6.45, 7) is 1.75. The zero-order valence-electron chi connectivity index (χ0n) is 7.28. The van der Waals surface area contributed by atoms with Gasteiger partial charge in [-0.2, -0.15) is 0 Å². The molecule has 0 amide bonds. The Balaban J connectivity index is 3.03. The minimum absolute atomic E-state index is 0.804. The average Bonchev–Trinajstić information content (AvgIpc) is 2.18. The number of carbonyl (C=O) groups is 1. The predicted octanol–water partition coefficient (Wildman–Crippen LogP) is 1.75. The van der Waals surface area contributed by atoms with Crippen LogP contribution in [-0.2, 0) is 15.1 Å². The van der Waals surface area contributed by atoms with Gasteiger partial charge in [-0.05, 0) is 12.5 Å².